The maximum Gasteiger partial charge on any atom is 0.336 e. The molecule has 0 radical (unpaired) electrons. The molecule has 32 heavy (non-hydrogen) atoms. The number of rotatable bonds is 7. The Bertz CT molecular complexity index is 1330. The lowest BCUT2D eigenvalue weighted by Gasteiger charge is -2.14. The molecule has 0 aliphatic rings. The number of sulfonamides is 1. The number of ether oxygens (including phenoxy) is 1. The summed E-state index contributed by atoms with van der Waals surface area (Å²) in [6.07, 6.45) is 0. The third-order valence-corrected chi connectivity index (χ3v) is 6.14. The van der Waals surface area contributed by atoms with Crippen molar-refractivity contribution in [1.29, 1.82) is 0 Å². The van der Waals surface area contributed by atoms with E-state index in [1.165, 1.54) is 50.2 Å². The number of benzene rings is 2. The summed E-state index contributed by atoms with van der Waals surface area (Å²) in [5.41, 5.74) is 0.338. The average Bonchev–Trinajstić information content (AvgIpc) is 2.70. The van der Waals surface area contributed by atoms with E-state index in [0.29, 0.717) is 21.7 Å². The van der Waals surface area contributed by atoms with Crippen LogP contribution in [-0.2, 0) is 31.0 Å². The number of esters is 1. The third kappa shape index (κ3) is 5.72. The predicted octanol–water partition coefficient (Wildman–Crippen LogP) is 2.82. The van der Waals surface area contributed by atoms with E-state index in [1.54, 1.807) is 12.1 Å². The summed E-state index contributed by atoms with van der Waals surface area (Å²) in [4.78, 5) is 35.4. The minimum atomic E-state index is -3.97. The first-order chi connectivity index (χ1) is 15.0. The molecule has 3 rings (SSSR count). The van der Waals surface area contributed by atoms with E-state index < -0.39 is 27.7 Å². The van der Waals surface area contributed by atoms with Crippen LogP contribution in [-0.4, -0.2) is 26.3 Å². The van der Waals surface area contributed by atoms with Gasteiger partial charge in [-0.2, -0.15) is 4.72 Å². The van der Waals surface area contributed by atoms with Crippen molar-refractivity contribution >= 4 is 50.2 Å². The Morgan fingerprint density at radius 1 is 1.12 bits per heavy atom. The molecule has 0 spiro atoms. The maximum absolute atomic E-state index is 12.4. The van der Waals surface area contributed by atoms with Gasteiger partial charge in [0.2, 0.25) is 15.9 Å². The molecule has 9 nitrogen and oxygen atoms in total. The van der Waals surface area contributed by atoms with Gasteiger partial charge in [-0.25, -0.2) is 13.2 Å². The minimum Gasteiger partial charge on any atom is -0.460 e. The molecule has 0 bridgehead atoms. The lowest BCUT2D eigenvalue weighted by molar-refractivity contribution is -0.146. The minimum absolute atomic E-state index is 0.0526. The second-order valence-corrected chi connectivity index (χ2v) is 9.04. The van der Waals surface area contributed by atoms with E-state index in [1.807, 2.05) is 0 Å². The molecule has 0 aliphatic carbocycles. The van der Waals surface area contributed by atoms with Gasteiger partial charge in [-0.05, 0) is 43.3 Å². The number of carbonyl (C=O) groups is 2. The summed E-state index contributed by atoms with van der Waals surface area (Å²) >= 11 is 5.76. The topological polar surface area (TPSA) is 132 Å². The second-order valence-electron chi connectivity index (χ2n) is 6.89. The van der Waals surface area contributed by atoms with Gasteiger partial charge in [0.25, 0.3) is 0 Å². The largest absolute Gasteiger partial charge is 0.460 e. The molecule has 1 amide bonds. The summed E-state index contributed by atoms with van der Waals surface area (Å²) in [6, 6.07) is 10.2. The van der Waals surface area contributed by atoms with Crippen LogP contribution in [0.25, 0.3) is 11.0 Å². The fourth-order valence-corrected chi connectivity index (χ4v) is 4.18. The van der Waals surface area contributed by atoms with Gasteiger partial charge >= 0.3 is 11.6 Å². The molecular formula is C21H19ClN2O7S. The molecule has 11 heteroatoms. The Morgan fingerprint density at radius 3 is 2.47 bits per heavy atom. The molecule has 0 saturated carbocycles. The molecule has 2 aromatic carbocycles. The van der Waals surface area contributed by atoms with Gasteiger partial charge in [0.05, 0.1) is 4.90 Å². The number of hydrogen-bond donors (Lipinski definition) is 2. The number of carbonyl (C=O) groups excluding carboxylic acids is 2. The first kappa shape index (κ1) is 23.5. The van der Waals surface area contributed by atoms with Crippen molar-refractivity contribution in [2.75, 3.05) is 5.32 Å². The number of nitrogens with one attached hydrogen (secondary N) is 2. The van der Waals surface area contributed by atoms with Crippen LogP contribution in [0, 0.1) is 0 Å². The molecule has 0 fully saturated rings. The Balaban J connectivity index is 1.72. The van der Waals surface area contributed by atoms with Gasteiger partial charge < -0.3 is 14.5 Å². The zero-order chi connectivity index (χ0) is 23.5. The summed E-state index contributed by atoms with van der Waals surface area (Å²) in [5, 5.41) is 3.46. The van der Waals surface area contributed by atoms with Crippen LogP contribution in [0.1, 0.15) is 19.4 Å². The lowest BCUT2D eigenvalue weighted by Crippen LogP contribution is -2.39. The van der Waals surface area contributed by atoms with E-state index >= 15 is 0 Å². The van der Waals surface area contributed by atoms with E-state index in [-0.39, 0.29) is 23.0 Å². The molecule has 1 aromatic heterocycles. The van der Waals surface area contributed by atoms with Gasteiger partial charge in [-0.3, -0.25) is 9.59 Å². The smallest absolute Gasteiger partial charge is 0.336 e. The molecule has 3 aromatic rings. The van der Waals surface area contributed by atoms with Crippen LogP contribution in [0.2, 0.25) is 5.02 Å². The van der Waals surface area contributed by atoms with Gasteiger partial charge in [0.15, 0.2) is 0 Å². The maximum atomic E-state index is 12.4. The zero-order valence-electron chi connectivity index (χ0n) is 17.0. The van der Waals surface area contributed by atoms with Crippen LogP contribution < -0.4 is 15.7 Å². The summed E-state index contributed by atoms with van der Waals surface area (Å²) in [7, 11) is -3.97. The number of halogens is 1. The van der Waals surface area contributed by atoms with Crippen LogP contribution in [0.3, 0.4) is 0 Å². The van der Waals surface area contributed by atoms with E-state index in [4.69, 9.17) is 20.8 Å². The quantitative estimate of drug-likeness (QED) is 0.394. The zero-order valence-corrected chi connectivity index (χ0v) is 18.6. The fraction of sp³-hybridized carbons (Fsp3) is 0.190. The molecular weight excluding hydrogens is 460 g/mol. The van der Waals surface area contributed by atoms with Crippen molar-refractivity contribution in [2.24, 2.45) is 0 Å². The van der Waals surface area contributed by atoms with E-state index in [2.05, 4.69) is 10.0 Å². The first-order valence-corrected chi connectivity index (χ1v) is 11.2. The van der Waals surface area contributed by atoms with Crippen molar-refractivity contribution in [2.45, 2.75) is 31.4 Å². The van der Waals surface area contributed by atoms with E-state index in [0.717, 1.165) is 0 Å². The Labute approximate surface area is 188 Å². The summed E-state index contributed by atoms with van der Waals surface area (Å²) in [6.45, 7) is 2.40. The van der Waals surface area contributed by atoms with Crippen LogP contribution in [0.4, 0.5) is 5.69 Å². The molecule has 1 unspecified atom stereocenters. The average molecular weight is 479 g/mol. The highest BCUT2D eigenvalue weighted by atomic mass is 35.5. The molecule has 1 heterocycles. The summed E-state index contributed by atoms with van der Waals surface area (Å²) < 4.78 is 37.4. The molecule has 0 saturated heterocycles. The molecule has 168 valence electrons. The highest BCUT2D eigenvalue weighted by Crippen LogP contribution is 2.22. The number of hydrogen-bond acceptors (Lipinski definition) is 7. The number of anilines is 1. The van der Waals surface area contributed by atoms with Crippen molar-refractivity contribution in [1.82, 2.24) is 4.72 Å². The Kier molecular flexibility index (Phi) is 6.97. The highest BCUT2D eigenvalue weighted by molar-refractivity contribution is 7.89. The molecule has 2 N–H and O–H groups in total. The van der Waals surface area contributed by atoms with Crippen molar-refractivity contribution in [3.05, 3.63) is 69.5 Å². The SMILES string of the molecule is CC(=O)Nc1ccc2c(COC(=O)C(C)NS(=O)(=O)c3ccc(Cl)cc3)cc(=O)oc2c1. The second kappa shape index (κ2) is 9.51. The van der Waals surface area contributed by atoms with Crippen molar-refractivity contribution in [3.63, 3.8) is 0 Å². The molecule has 1 atom stereocenters. The van der Waals surface area contributed by atoms with Crippen LogP contribution >= 0.6 is 11.6 Å². The first-order valence-electron chi connectivity index (χ1n) is 9.34. The van der Waals surface area contributed by atoms with Gasteiger partial charge in [0, 0.05) is 40.7 Å². The predicted molar refractivity (Wildman–Crippen MR) is 118 cm³/mol. The highest BCUT2D eigenvalue weighted by Gasteiger charge is 2.23. The monoisotopic (exact) mass is 478 g/mol. The normalized spacial score (nSPS) is 12.3. The molecule has 0 aliphatic heterocycles. The van der Waals surface area contributed by atoms with Crippen LogP contribution in [0.5, 0.6) is 0 Å². The fourth-order valence-electron chi connectivity index (χ4n) is 2.87. The Hall–Kier alpha value is -3.21. The third-order valence-electron chi connectivity index (χ3n) is 4.33. The standard InChI is InChI=1S/C21H19ClN2O7S/c1-12(24-32(28,29)17-6-3-15(22)4-7-17)21(27)30-11-14-9-20(26)31-19-10-16(23-13(2)25)5-8-18(14)19/h3-10,12,24H,11H2,1-2H3,(H,23,25). The van der Waals surface area contributed by atoms with Crippen molar-refractivity contribution in [3.8, 4) is 0 Å². The van der Waals surface area contributed by atoms with Crippen LogP contribution in [0.15, 0.2) is 62.6 Å². The van der Waals surface area contributed by atoms with Gasteiger partial charge in [-0.15, -0.1) is 0 Å². The lowest BCUT2D eigenvalue weighted by atomic mass is 10.1. The van der Waals surface area contributed by atoms with Gasteiger partial charge in [0.1, 0.15) is 18.2 Å². The van der Waals surface area contributed by atoms with Gasteiger partial charge in [-0.1, -0.05) is 11.6 Å². The number of fused-ring (bicyclic) bond motifs is 1. The number of amides is 1. The summed E-state index contributed by atoms with van der Waals surface area (Å²) in [5.74, 6) is -1.12. The Morgan fingerprint density at radius 2 is 1.81 bits per heavy atom. The van der Waals surface area contributed by atoms with Crippen molar-refractivity contribution < 1.29 is 27.2 Å². The van der Waals surface area contributed by atoms with E-state index in [9.17, 15) is 22.8 Å².